The molecule has 0 unspecified atom stereocenters. The molecule has 2 aliphatic carbocycles. The van der Waals surface area contributed by atoms with Crippen LogP contribution < -0.4 is 52.2 Å². The van der Waals surface area contributed by atoms with Crippen LogP contribution in [-0.2, 0) is 21.7 Å². The summed E-state index contributed by atoms with van der Waals surface area (Å²) in [5.41, 5.74) is 41.6. The quantitative estimate of drug-likeness (QED) is 0.120. The summed E-state index contributed by atoms with van der Waals surface area (Å²) in [5.74, 6) is 1.40. The average molecular weight is 1760 g/mol. The van der Waals surface area contributed by atoms with Crippen molar-refractivity contribution in [3.05, 3.63) is 476 Å². The van der Waals surface area contributed by atoms with Crippen molar-refractivity contribution in [1.82, 2.24) is 0 Å². The van der Waals surface area contributed by atoms with Crippen LogP contribution in [0.2, 0.25) is 0 Å². The SMILES string of the molecule is [2H]c1c([2H])c([2H])c(-c2cc3c4c(c2)N(c2c(-c5ccccc5)cc(C(C)(C)C)cc2-c2ccccc2)c2cc5c(cc2B4c2ccccc2N3c2c(-c3ccccc3)cc(C(C)(C)C)cc2-c2ccccc2)B2c3ccccc3N(c3c(-c4ccccc4)cc(C(C)(C)C)cc3-c3ccccc3)c3c2c(cc2cc(-c4cccc6c4C4(c7ccccc7-c7ccccc74)c4ccccc4-6)ccc32)O5)c([2H])c1[2H]. The van der Waals surface area contributed by atoms with Gasteiger partial charge in [-0.25, -0.2) is 0 Å². The van der Waals surface area contributed by atoms with E-state index in [2.05, 4.69) is 483 Å². The van der Waals surface area contributed by atoms with Crippen molar-refractivity contribution in [2.45, 2.75) is 84.0 Å². The number of nitrogens with zero attached hydrogens (tertiary/aromatic N) is 3. The zero-order chi connectivity index (χ0) is 96.4. The highest BCUT2D eigenvalue weighted by Gasteiger charge is 2.55. The molecule has 0 aromatic heterocycles. The first kappa shape index (κ1) is 76.4. The Balaban J connectivity index is 0.809. The molecule has 1 spiro atoms. The largest absolute Gasteiger partial charge is 0.458 e. The Bertz CT molecular complexity index is 8430. The van der Waals surface area contributed by atoms with Gasteiger partial charge in [-0.15, -0.1) is 0 Å². The Morgan fingerprint density at radius 1 is 0.241 bits per heavy atom. The van der Waals surface area contributed by atoms with E-state index in [1.807, 2.05) is 0 Å². The van der Waals surface area contributed by atoms with Crippen molar-refractivity contribution in [2.24, 2.45) is 0 Å². The standard InChI is InChI=1S/C131H99B2N3O/c1-128(2,3)92-74-101(83-44-19-11-20-45-83)124(102(75-92)84-46-21-12-22-47-84)134-114-66-39-37-64-110(114)132-112-80-113-119(81-116(112)135(118-72-90(71-117(134)122(118)132)82-42-17-10-18-43-82)125-103(85-48-23-13-24-49-85)76-93(129(4,5)6)77-104(125)86-50-25-14-26-51-86)137-120-73-91-70-89(95-59-41-60-100-99-58-33-36-63-109(99)131(121(95)100)107-61-34-31-56-97(107)98-57-32-35-62-108(98)131)68-69-96(91)127-123(120)133(113)111-65-38-40-67-115(111)136(127)126-105(87-52-27-15-28-53-87)78-94(130(7,8)9)79-106(126)88-54-29-16-30-55-88/h10-81H,1-9H3/i10D,17D,18D,42D,43D. The maximum atomic E-state index is 10.3. The van der Waals surface area contributed by atoms with E-state index in [0.717, 1.165) is 190 Å². The van der Waals surface area contributed by atoms with Crippen LogP contribution in [0.1, 0.15) is 108 Å². The number of hydrogen-bond acceptors (Lipinski definition) is 4. The van der Waals surface area contributed by atoms with Gasteiger partial charge in [0.1, 0.15) is 11.5 Å². The molecular weight excluding hydrogens is 1650 g/mol. The molecule has 0 radical (unpaired) electrons. The molecule has 0 fully saturated rings. The van der Waals surface area contributed by atoms with E-state index in [0.29, 0.717) is 11.3 Å². The van der Waals surface area contributed by atoms with E-state index in [1.165, 1.54) is 50.1 Å². The minimum absolute atomic E-state index is 0.0874. The van der Waals surface area contributed by atoms with E-state index >= 15 is 0 Å². The molecule has 650 valence electrons. The van der Waals surface area contributed by atoms with Crippen molar-refractivity contribution < 1.29 is 11.6 Å². The van der Waals surface area contributed by atoms with Gasteiger partial charge in [0.05, 0.1) is 35.0 Å². The first-order valence-electron chi connectivity index (χ1n) is 50.6. The molecule has 4 heterocycles. The zero-order valence-corrected chi connectivity index (χ0v) is 78.1. The molecule has 26 rings (SSSR count). The topological polar surface area (TPSA) is 19.0 Å². The van der Waals surface area contributed by atoms with Crippen LogP contribution in [0.15, 0.2) is 437 Å². The Hall–Kier alpha value is -16.0. The lowest BCUT2D eigenvalue weighted by atomic mass is 9.30. The Morgan fingerprint density at radius 3 is 1.04 bits per heavy atom. The van der Waals surface area contributed by atoms with E-state index in [1.54, 1.807) is 0 Å². The van der Waals surface area contributed by atoms with E-state index in [9.17, 15) is 6.85 Å². The van der Waals surface area contributed by atoms with Gasteiger partial charge in [0.25, 0.3) is 13.4 Å². The monoisotopic (exact) mass is 1760 g/mol. The number of benzene rings is 20. The minimum Gasteiger partial charge on any atom is -0.458 e. The zero-order valence-electron chi connectivity index (χ0n) is 83.1. The third-order valence-corrected chi connectivity index (χ3v) is 30.0. The average Bonchev–Trinajstić information content (AvgIpc) is 1.32. The summed E-state index contributed by atoms with van der Waals surface area (Å²) in [7, 11) is 0. The molecule has 0 bridgehead atoms. The maximum Gasteiger partial charge on any atom is 0.256 e. The number of hydrogen-bond donors (Lipinski definition) is 0. The van der Waals surface area contributed by atoms with Crippen LogP contribution in [0.3, 0.4) is 0 Å². The molecule has 0 atom stereocenters. The van der Waals surface area contributed by atoms with E-state index in [-0.39, 0.29) is 33.9 Å². The summed E-state index contributed by atoms with van der Waals surface area (Å²) in [6.07, 6.45) is 0. The van der Waals surface area contributed by atoms with Crippen LogP contribution in [0.25, 0.3) is 122 Å². The van der Waals surface area contributed by atoms with Gasteiger partial charge < -0.3 is 19.4 Å². The van der Waals surface area contributed by atoms with Crippen LogP contribution in [-0.4, -0.2) is 13.4 Å². The van der Waals surface area contributed by atoms with Gasteiger partial charge in [0, 0.05) is 73.3 Å². The van der Waals surface area contributed by atoms with Crippen LogP contribution in [0.5, 0.6) is 11.5 Å². The maximum absolute atomic E-state index is 10.3. The summed E-state index contributed by atoms with van der Waals surface area (Å²) < 4.78 is 57.7. The molecule has 0 N–H and O–H groups in total. The van der Waals surface area contributed by atoms with Crippen LogP contribution >= 0.6 is 0 Å². The van der Waals surface area contributed by atoms with Gasteiger partial charge in [0.2, 0.25) is 0 Å². The molecule has 137 heavy (non-hydrogen) atoms. The second-order valence-electron chi connectivity index (χ2n) is 40.9. The molecule has 0 amide bonds. The van der Waals surface area contributed by atoms with Gasteiger partial charge in [-0.1, -0.05) is 420 Å². The molecule has 20 aromatic carbocycles. The third kappa shape index (κ3) is 12.6. The minimum atomic E-state index is -0.641. The van der Waals surface area contributed by atoms with Gasteiger partial charge in [-0.3, -0.25) is 0 Å². The summed E-state index contributed by atoms with van der Waals surface area (Å²) in [6.45, 7) is 19.7. The fraction of sp³-hybridized carbons (Fsp3) is 0.0992. The smallest absolute Gasteiger partial charge is 0.256 e. The van der Waals surface area contributed by atoms with Gasteiger partial charge >= 0.3 is 0 Å². The molecule has 6 aliphatic rings. The van der Waals surface area contributed by atoms with Crippen molar-refractivity contribution in [1.29, 1.82) is 0 Å². The highest BCUT2D eigenvalue weighted by Crippen LogP contribution is 2.66. The number of fused-ring (bicyclic) bond motifs is 20. The lowest BCUT2D eigenvalue weighted by Gasteiger charge is -2.47. The molecule has 0 saturated carbocycles. The predicted octanol–water partition coefficient (Wildman–Crippen LogP) is 30.9. The Labute approximate surface area is 811 Å². The Kier molecular flexibility index (Phi) is 17.3. The van der Waals surface area contributed by atoms with Crippen molar-refractivity contribution in [3.8, 4) is 123 Å². The second-order valence-corrected chi connectivity index (χ2v) is 40.9. The first-order chi connectivity index (χ1) is 69.0. The number of rotatable bonds is 11. The third-order valence-electron chi connectivity index (χ3n) is 30.0. The normalized spacial score (nSPS) is 14.1. The molecule has 4 aliphatic heterocycles. The number of ether oxygens (including phenoxy) is 1. The molecule has 4 nitrogen and oxygen atoms in total. The van der Waals surface area contributed by atoms with Gasteiger partial charge in [-0.05, 0) is 244 Å². The van der Waals surface area contributed by atoms with Crippen LogP contribution in [0.4, 0.5) is 51.2 Å². The van der Waals surface area contributed by atoms with Gasteiger partial charge in [-0.2, -0.15) is 0 Å². The summed E-state index contributed by atoms with van der Waals surface area (Å²) in [4.78, 5) is 7.61. The lowest BCUT2D eigenvalue weighted by Crippen LogP contribution is -2.64. The molecule has 6 heteroatoms. The number of para-hydroxylation sites is 2. The first-order valence-corrected chi connectivity index (χ1v) is 48.1. The predicted molar refractivity (Wildman–Crippen MR) is 580 cm³/mol. The lowest BCUT2D eigenvalue weighted by molar-refractivity contribution is 0.488. The number of anilines is 9. The van der Waals surface area contributed by atoms with E-state index < -0.39 is 37.0 Å². The molecular formula is C131H99B2N3O. The fourth-order valence-corrected chi connectivity index (χ4v) is 23.7. The second kappa shape index (κ2) is 31.0. The molecule has 20 aromatic rings. The van der Waals surface area contributed by atoms with E-state index in [4.69, 9.17) is 4.74 Å². The van der Waals surface area contributed by atoms with Crippen LogP contribution in [0, 0.1) is 0 Å². The fourth-order valence-electron chi connectivity index (χ4n) is 23.7. The highest BCUT2D eigenvalue weighted by molar-refractivity contribution is 7.03. The van der Waals surface area contributed by atoms with Crippen molar-refractivity contribution in [2.75, 3.05) is 14.7 Å². The summed E-state index contributed by atoms with van der Waals surface area (Å²) >= 11 is 0. The summed E-state index contributed by atoms with van der Waals surface area (Å²) in [5, 5.41) is 2.07. The van der Waals surface area contributed by atoms with Crippen molar-refractivity contribution >= 4 is 108 Å². The summed E-state index contributed by atoms with van der Waals surface area (Å²) in [6, 6.07) is 149. The van der Waals surface area contributed by atoms with Gasteiger partial charge in [0.15, 0.2) is 0 Å². The van der Waals surface area contributed by atoms with Crippen molar-refractivity contribution in [3.63, 3.8) is 0 Å². The highest BCUT2D eigenvalue weighted by atomic mass is 16.5. The Morgan fingerprint density at radius 2 is 0.606 bits per heavy atom. The molecule has 0 saturated heterocycles.